The average molecular weight is 148 g/mol. The third kappa shape index (κ3) is 1.02. The molecular weight excluding hydrogens is 136 g/mol. The van der Waals surface area contributed by atoms with Gasteiger partial charge in [-0.1, -0.05) is 0 Å². The van der Waals surface area contributed by atoms with Gasteiger partial charge in [-0.3, -0.25) is 0 Å². The van der Waals surface area contributed by atoms with Gasteiger partial charge >= 0.3 is 8.56 Å². The maximum absolute atomic E-state index is 9.18. The zero-order valence-electron chi connectivity index (χ0n) is 5.12. The monoisotopic (exact) mass is 148 g/mol. The number of hydrogen-bond donors (Lipinski definition) is 4. The first-order valence-corrected chi connectivity index (χ1v) is 5.06. The summed E-state index contributed by atoms with van der Waals surface area (Å²) in [5.41, 5.74) is 9.89. The topological polar surface area (TPSA) is 92.5 Å². The minimum atomic E-state index is -3.19. The van der Waals surface area contributed by atoms with Crippen LogP contribution in [0.1, 0.15) is 12.8 Å². The second-order valence-electron chi connectivity index (χ2n) is 2.57. The molecule has 0 aromatic carbocycles. The van der Waals surface area contributed by atoms with Crippen LogP contribution in [0.25, 0.3) is 0 Å². The number of hydrogen-bond acceptors (Lipinski definition) is 4. The molecule has 1 fully saturated rings. The van der Waals surface area contributed by atoms with Gasteiger partial charge in [0.1, 0.15) is 0 Å². The van der Waals surface area contributed by atoms with E-state index in [-0.39, 0.29) is 0 Å². The van der Waals surface area contributed by atoms with Gasteiger partial charge in [0.05, 0.1) is 0 Å². The van der Waals surface area contributed by atoms with E-state index in [2.05, 4.69) is 0 Å². The molecule has 54 valence electrons. The van der Waals surface area contributed by atoms with Gasteiger partial charge in [0.25, 0.3) is 0 Å². The maximum Gasteiger partial charge on any atom is 0.367 e. The molecule has 2 unspecified atom stereocenters. The Morgan fingerprint density at radius 3 is 1.56 bits per heavy atom. The molecule has 6 N–H and O–H groups in total. The van der Waals surface area contributed by atoms with Crippen LogP contribution in [0.4, 0.5) is 0 Å². The summed E-state index contributed by atoms with van der Waals surface area (Å²) >= 11 is 0. The van der Waals surface area contributed by atoms with Crippen molar-refractivity contribution in [3.63, 3.8) is 0 Å². The Balaban J connectivity index is 2.66. The Morgan fingerprint density at radius 1 is 1.11 bits per heavy atom. The predicted molar refractivity (Wildman–Crippen MR) is 35.4 cm³/mol. The Bertz CT molecular complexity index is 107. The summed E-state index contributed by atoms with van der Waals surface area (Å²) in [6, 6.07) is 0. The average Bonchev–Trinajstić information content (AvgIpc) is 1.96. The molecule has 0 radical (unpaired) electrons. The number of nitrogens with two attached hydrogens (primary N) is 2. The summed E-state index contributed by atoms with van der Waals surface area (Å²) < 4.78 is 0. The molecule has 9 heavy (non-hydrogen) atoms. The summed E-state index contributed by atoms with van der Waals surface area (Å²) in [7, 11) is -3.19. The molecule has 0 aromatic rings. The summed E-state index contributed by atoms with van der Waals surface area (Å²) in [5.74, 6) is 0. The van der Waals surface area contributed by atoms with E-state index >= 15 is 0 Å². The van der Waals surface area contributed by atoms with Crippen LogP contribution in [-0.4, -0.2) is 29.5 Å². The van der Waals surface area contributed by atoms with Crippen molar-refractivity contribution in [2.75, 3.05) is 0 Å². The van der Waals surface area contributed by atoms with Crippen molar-refractivity contribution < 1.29 is 9.59 Å². The van der Waals surface area contributed by atoms with E-state index in [9.17, 15) is 9.59 Å². The smallest absolute Gasteiger partial charge is 0.367 e. The molecular formula is C4H12N2O2Si. The Kier molecular flexibility index (Phi) is 1.62. The van der Waals surface area contributed by atoms with E-state index in [4.69, 9.17) is 11.5 Å². The van der Waals surface area contributed by atoms with E-state index in [0.29, 0.717) is 12.8 Å². The van der Waals surface area contributed by atoms with Gasteiger partial charge in [-0.15, -0.1) is 0 Å². The highest BCUT2D eigenvalue weighted by Gasteiger charge is 2.48. The Morgan fingerprint density at radius 2 is 1.44 bits per heavy atom. The number of rotatable bonds is 0. The molecule has 5 heteroatoms. The summed E-state index contributed by atoms with van der Waals surface area (Å²) in [6.45, 7) is 0. The van der Waals surface area contributed by atoms with E-state index < -0.39 is 19.9 Å². The standard InChI is InChI=1S/C4H12N2O2Si/c5-3-1-2-4(6)9(3,7)8/h3-4,7-8H,1-2,5-6H2. The fraction of sp³-hybridized carbons (Fsp3) is 1.00. The van der Waals surface area contributed by atoms with Crippen LogP contribution < -0.4 is 11.5 Å². The molecule has 0 aromatic heterocycles. The summed E-state index contributed by atoms with van der Waals surface area (Å²) in [4.78, 5) is 18.4. The van der Waals surface area contributed by atoms with Crippen molar-refractivity contribution in [2.24, 2.45) is 11.5 Å². The largest absolute Gasteiger partial charge is 0.409 e. The Labute approximate surface area is 54.7 Å². The second-order valence-corrected chi connectivity index (χ2v) is 5.62. The van der Waals surface area contributed by atoms with E-state index in [0.717, 1.165) is 0 Å². The molecule has 2 atom stereocenters. The zero-order chi connectivity index (χ0) is 7.07. The summed E-state index contributed by atoms with van der Waals surface area (Å²) in [5, 5.41) is 0. The van der Waals surface area contributed by atoms with Crippen LogP contribution >= 0.6 is 0 Å². The summed E-state index contributed by atoms with van der Waals surface area (Å²) in [6.07, 6.45) is 1.31. The minimum Gasteiger partial charge on any atom is -0.409 e. The molecule has 1 rings (SSSR count). The van der Waals surface area contributed by atoms with Crippen molar-refractivity contribution in [3.05, 3.63) is 0 Å². The highest BCUT2D eigenvalue weighted by molar-refractivity contribution is 6.68. The first-order valence-electron chi connectivity index (χ1n) is 3.01. The molecule has 1 aliphatic heterocycles. The fourth-order valence-electron chi connectivity index (χ4n) is 1.06. The van der Waals surface area contributed by atoms with Crippen LogP contribution in [0, 0.1) is 0 Å². The lowest BCUT2D eigenvalue weighted by atomic mass is 10.3. The Hall–Kier alpha value is 0.0569. The van der Waals surface area contributed by atoms with Crippen LogP contribution in [0.15, 0.2) is 0 Å². The maximum atomic E-state index is 9.18. The molecule has 1 heterocycles. The van der Waals surface area contributed by atoms with Crippen LogP contribution in [0.3, 0.4) is 0 Å². The van der Waals surface area contributed by atoms with Gasteiger partial charge < -0.3 is 21.1 Å². The first-order chi connectivity index (χ1) is 4.05. The lowest BCUT2D eigenvalue weighted by Crippen LogP contribution is -2.59. The van der Waals surface area contributed by atoms with Gasteiger partial charge in [0.2, 0.25) is 0 Å². The molecule has 0 spiro atoms. The lowest BCUT2D eigenvalue weighted by molar-refractivity contribution is 0.341. The fourth-order valence-corrected chi connectivity index (χ4v) is 2.79. The highest BCUT2D eigenvalue weighted by Crippen LogP contribution is 2.20. The molecule has 0 saturated carbocycles. The van der Waals surface area contributed by atoms with Crippen molar-refractivity contribution in [3.8, 4) is 0 Å². The normalized spacial score (nSPS) is 41.3. The molecule has 0 amide bonds. The van der Waals surface area contributed by atoms with Crippen LogP contribution in [-0.2, 0) is 0 Å². The predicted octanol–water partition coefficient (Wildman–Crippen LogP) is -2.06. The van der Waals surface area contributed by atoms with Gasteiger partial charge in [-0.05, 0) is 12.8 Å². The molecule has 0 bridgehead atoms. The zero-order valence-corrected chi connectivity index (χ0v) is 6.12. The van der Waals surface area contributed by atoms with Crippen molar-refractivity contribution >= 4 is 8.56 Å². The van der Waals surface area contributed by atoms with Gasteiger partial charge in [0.15, 0.2) is 0 Å². The van der Waals surface area contributed by atoms with Crippen molar-refractivity contribution in [1.82, 2.24) is 0 Å². The molecule has 1 saturated heterocycles. The third-order valence-corrected chi connectivity index (χ3v) is 4.64. The molecule has 4 nitrogen and oxygen atoms in total. The lowest BCUT2D eigenvalue weighted by Gasteiger charge is -2.19. The van der Waals surface area contributed by atoms with Crippen LogP contribution in [0.2, 0.25) is 0 Å². The highest BCUT2D eigenvalue weighted by atomic mass is 28.4. The quantitative estimate of drug-likeness (QED) is 0.297. The molecule has 0 aliphatic carbocycles. The van der Waals surface area contributed by atoms with E-state index in [1.54, 1.807) is 0 Å². The first kappa shape index (κ1) is 7.17. The SMILES string of the molecule is NC1CCC(N)[Si]1(O)O. The van der Waals surface area contributed by atoms with Crippen molar-refractivity contribution in [2.45, 2.75) is 24.2 Å². The second kappa shape index (κ2) is 2.03. The van der Waals surface area contributed by atoms with E-state index in [1.807, 2.05) is 0 Å². The van der Waals surface area contributed by atoms with Gasteiger partial charge in [0, 0.05) is 11.3 Å². The van der Waals surface area contributed by atoms with Gasteiger partial charge in [-0.2, -0.15) is 0 Å². The molecule has 1 aliphatic rings. The minimum absolute atomic E-state index is 0.438. The van der Waals surface area contributed by atoms with Crippen LogP contribution in [0.5, 0.6) is 0 Å². The van der Waals surface area contributed by atoms with Crippen molar-refractivity contribution in [1.29, 1.82) is 0 Å². The van der Waals surface area contributed by atoms with Gasteiger partial charge in [-0.25, -0.2) is 0 Å². The third-order valence-electron chi connectivity index (χ3n) is 1.88. The van der Waals surface area contributed by atoms with E-state index in [1.165, 1.54) is 0 Å².